The van der Waals surface area contributed by atoms with Crippen LogP contribution >= 0.6 is 22.9 Å². The maximum absolute atomic E-state index is 12.1. The highest BCUT2D eigenvalue weighted by atomic mass is 35.5. The SMILES string of the molecule is C[C@H](OC(=O)c1csc(-c2cccc(Cl)c2)n1)C(=O)NC1CC1. The van der Waals surface area contributed by atoms with Crippen LogP contribution in [0.4, 0.5) is 0 Å². The van der Waals surface area contributed by atoms with Crippen molar-refractivity contribution in [2.45, 2.75) is 31.9 Å². The van der Waals surface area contributed by atoms with Crippen molar-refractivity contribution in [3.05, 3.63) is 40.4 Å². The van der Waals surface area contributed by atoms with E-state index in [2.05, 4.69) is 10.3 Å². The molecule has 2 aromatic rings. The van der Waals surface area contributed by atoms with Gasteiger partial charge < -0.3 is 10.1 Å². The highest BCUT2D eigenvalue weighted by Gasteiger charge is 2.27. The Morgan fingerprint density at radius 2 is 2.22 bits per heavy atom. The van der Waals surface area contributed by atoms with Gasteiger partial charge in [-0.2, -0.15) is 0 Å². The minimum absolute atomic E-state index is 0.191. The highest BCUT2D eigenvalue weighted by Crippen LogP contribution is 2.26. The van der Waals surface area contributed by atoms with Crippen LogP contribution in [0.25, 0.3) is 10.6 Å². The Kier molecular flexibility index (Phi) is 4.63. The van der Waals surface area contributed by atoms with Crippen molar-refractivity contribution >= 4 is 34.8 Å². The molecule has 120 valence electrons. The number of thiazole rings is 1. The Balaban J connectivity index is 1.65. The first-order valence-corrected chi connectivity index (χ1v) is 8.51. The number of hydrogen-bond donors (Lipinski definition) is 1. The van der Waals surface area contributed by atoms with Crippen LogP contribution in [0, 0.1) is 0 Å². The number of nitrogens with zero attached hydrogens (tertiary/aromatic N) is 1. The number of carbonyl (C=O) groups is 2. The van der Waals surface area contributed by atoms with Crippen LogP contribution < -0.4 is 5.32 Å². The molecule has 1 aromatic heterocycles. The van der Waals surface area contributed by atoms with Crippen LogP contribution in [0.5, 0.6) is 0 Å². The van der Waals surface area contributed by atoms with Crippen LogP contribution in [0.3, 0.4) is 0 Å². The molecule has 3 rings (SSSR count). The van der Waals surface area contributed by atoms with E-state index in [1.54, 1.807) is 24.4 Å². The molecule has 1 N–H and O–H groups in total. The van der Waals surface area contributed by atoms with Gasteiger partial charge in [0.05, 0.1) is 0 Å². The monoisotopic (exact) mass is 350 g/mol. The molecule has 1 saturated carbocycles. The number of ether oxygens (including phenoxy) is 1. The Hall–Kier alpha value is -1.92. The van der Waals surface area contributed by atoms with Crippen LogP contribution in [0.2, 0.25) is 5.02 Å². The second kappa shape index (κ2) is 6.68. The minimum Gasteiger partial charge on any atom is -0.448 e. The first-order chi connectivity index (χ1) is 11.0. The van der Waals surface area contributed by atoms with Gasteiger partial charge >= 0.3 is 5.97 Å². The fraction of sp³-hybridized carbons (Fsp3) is 0.312. The van der Waals surface area contributed by atoms with E-state index >= 15 is 0 Å². The molecule has 1 aromatic carbocycles. The molecule has 23 heavy (non-hydrogen) atoms. The molecule has 0 spiro atoms. The van der Waals surface area contributed by atoms with Crippen molar-refractivity contribution in [2.24, 2.45) is 0 Å². The lowest BCUT2D eigenvalue weighted by atomic mass is 10.2. The van der Waals surface area contributed by atoms with E-state index in [4.69, 9.17) is 16.3 Å². The van der Waals surface area contributed by atoms with Gasteiger partial charge in [0.2, 0.25) is 0 Å². The van der Waals surface area contributed by atoms with E-state index in [1.807, 2.05) is 12.1 Å². The Morgan fingerprint density at radius 1 is 1.43 bits per heavy atom. The van der Waals surface area contributed by atoms with Crippen molar-refractivity contribution in [3.8, 4) is 10.6 Å². The predicted octanol–water partition coefficient (Wildman–Crippen LogP) is 3.29. The van der Waals surface area contributed by atoms with Crippen LogP contribution in [-0.4, -0.2) is 29.0 Å². The van der Waals surface area contributed by atoms with E-state index in [0.717, 1.165) is 18.4 Å². The molecule has 1 atom stereocenters. The van der Waals surface area contributed by atoms with Crippen molar-refractivity contribution in [1.29, 1.82) is 0 Å². The third-order valence-corrected chi connectivity index (χ3v) is 4.49. The summed E-state index contributed by atoms with van der Waals surface area (Å²) in [5.41, 5.74) is 1.03. The fourth-order valence-corrected chi connectivity index (χ4v) is 2.92. The van der Waals surface area contributed by atoms with Crippen LogP contribution in [0.1, 0.15) is 30.3 Å². The molecule has 0 bridgehead atoms. The second-order valence-corrected chi connectivity index (χ2v) is 6.67. The molecule has 7 heteroatoms. The van der Waals surface area contributed by atoms with E-state index in [0.29, 0.717) is 10.0 Å². The van der Waals surface area contributed by atoms with Gasteiger partial charge in [-0.1, -0.05) is 23.7 Å². The first kappa shape index (κ1) is 16.0. The molecular weight excluding hydrogens is 336 g/mol. The number of amides is 1. The molecule has 1 fully saturated rings. The third-order valence-electron chi connectivity index (χ3n) is 3.36. The largest absolute Gasteiger partial charge is 0.448 e. The number of hydrogen-bond acceptors (Lipinski definition) is 5. The minimum atomic E-state index is -0.834. The fourth-order valence-electron chi connectivity index (χ4n) is 1.94. The van der Waals surface area contributed by atoms with Gasteiger partial charge in [0, 0.05) is 22.0 Å². The van der Waals surface area contributed by atoms with Crippen molar-refractivity contribution in [1.82, 2.24) is 10.3 Å². The predicted molar refractivity (Wildman–Crippen MR) is 88.6 cm³/mol. The summed E-state index contributed by atoms with van der Waals surface area (Å²) in [4.78, 5) is 28.2. The quantitative estimate of drug-likeness (QED) is 0.840. The lowest BCUT2D eigenvalue weighted by molar-refractivity contribution is -0.129. The van der Waals surface area contributed by atoms with Gasteiger partial charge in [-0.15, -0.1) is 11.3 Å². The maximum Gasteiger partial charge on any atom is 0.358 e. The molecule has 1 amide bonds. The van der Waals surface area contributed by atoms with Crippen molar-refractivity contribution in [3.63, 3.8) is 0 Å². The Labute approximate surface area is 142 Å². The van der Waals surface area contributed by atoms with Crippen molar-refractivity contribution < 1.29 is 14.3 Å². The van der Waals surface area contributed by atoms with Gasteiger partial charge in [0.1, 0.15) is 5.01 Å². The normalized spacial score (nSPS) is 15.0. The topological polar surface area (TPSA) is 68.3 Å². The van der Waals surface area contributed by atoms with E-state index in [9.17, 15) is 9.59 Å². The summed E-state index contributed by atoms with van der Waals surface area (Å²) in [5.74, 6) is -0.876. The number of nitrogens with one attached hydrogen (secondary N) is 1. The van der Waals surface area contributed by atoms with E-state index in [-0.39, 0.29) is 17.6 Å². The lowest BCUT2D eigenvalue weighted by Crippen LogP contribution is -2.37. The molecule has 0 saturated heterocycles. The van der Waals surface area contributed by atoms with Gasteiger partial charge in [-0.05, 0) is 31.9 Å². The molecule has 0 aliphatic heterocycles. The summed E-state index contributed by atoms with van der Waals surface area (Å²) >= 11 is 7.28. The maximum atomic E-state index is 12.1. The average molecular weight is 351 g/mol. The Bertz CT molecular complexity index is 742. The lowest BCUT2D eigenvalue weighted by Gasteiger charge is -2.12. The molecule has 1 aliphatic carbocycles. The summed E-state index contributed by atoms with van der Waals surface area (Å²) in [6, 6.07) is 7.47. The smallest absolute Gasteiger partial charge is 0.358 e. The number of aromatic nitrogens is 1. The second-order valence-electron chi connectivity index (χ2n) is 5.38. The van der Waals surface area contributed by atoms with Crippen LogP contribution in [0.15, 0.2) is 29.6 Å². The third kappa shape index (κ3) is 4.09. The van der Waals surface area contributed by atoms with Gasteiger partial charge in [-0.3, -0.25) is 4.79 Å². The zero-order chi connectivity index (χ0) is 16.4. The van der Waals surface area contributed by atoms with Gasteiger partial charge in [0.15, 0.2) is 11.8 Å². The number of esters is 1. The molecule has 1 heterocycles. The summed E-state index contributed by atoms with van der Waals surface area (Å²) < 4.78 is 5.17. The summed E-state index contributed by atoms with van der Waals surface area (Å²) in [6.45, 7) is 1.56. The number of carbonyl (C=O) groups excluding carboxylic acids is 2. The molecular formula is C16H15ClN2O3S. The van der Waals surface area contributed by atoms with Crippen molar-refractivity contribution in [2.75, 3.05) is 0 Å². The zero-order valence-corrected chi connectivity index (χ0v) is 14.0. The Morgan fingerprint density at radius 3 is 2.91 bits per heavy atom. The molecule has 5 nitrogen and oxygen atoms in total. The average Bonchev–Trinajstić information content (AvgIpc) is 3.19. The standard InChI is InChI=1S/C16H15ClN2O3S/c1-9(14(20)18-12-5-6-12)22-16(21)13-8-23-15(19-13)10-3-2-4-11(17)7-10/h2-4,7-9,12H,5-6H2,1H3,(H,18,20)/t9-/m0/s1. The zero-order valence-electron chi connectivity index (χ0n) is 12.4. The highest BCUT2D eigenvalue weighted by molar-refractivity contribution is 7.13. The molecule has 1 aliphatic rings. The van der Waals surface area contributed by atoms with E-state index < -0.39 is 12.1 Å². The van der Waals surface area contributed by atoms with Gasteiger partial charge in [-0.25, -0.2) is 9.78 Å². The molecule has 0 radical (unpaired) electrons. The van der Waals surface area contributed by atoms with Gasteiger partial charge in [0.25, 0.3) is 5.91 Å². The summed E-state index contributed by atoms with van der Waals surface area (Å²) in [6.07, 6.45) is 1.14. The molecule has 0 unspecified atom stereocenters. The van der Waals surface area contributed by atoms with Crippen LogP contribution in [-0.2, 0) is 9.53 Å². The first-order valence-electron chi connectivity index (χ1n) is 7.26. The summed E-state index contributed by atoms with van der Waals surface area (Å²) in [5, 5.41) is 5.69. The number of halogens is 1. The van der Waals surface area contributed by atoms with E-state index in [1.165, 1.54) is 11.3 Å². The number of benzene rings is 1. The summed E-state index contributed by atoms with van der Waals surface area (Å²) in [7, 11) is 0. The number of rotatable bonds is 5.